The SMILES string of the molecule is CN1C(=O)N(C)C2(CCN(C(=O)c3cnc4ccccc4n3)CC2)C1=O. The summed E-state index contributed by atoms with van der Waals surface area (Å²) in [6, 6.07) is 7.09. The molecule has 0 bridgehead atoms. The van der Waals surface area contributed by atoms with E-state index in [2.05, 4.69) is 9.97 Å². The van der Waals surface area contributed by atoms with E-state index in [-0.39, 0.29) is 17.8 Å². The second-order valence-electron chi connectivity index (χ2n) is 6.77. The Morgan fingerprint density at radius 2 is 1.73 bits per heavy atom. The van der Waals surface area contributed by atoms with Gasteiger partial charge in [-0.1, -0.05) is 12.1 Å². The molecule has 2 aliphatic rings. The number of amides is 4. The number of aromatic nitrogens is 2. The minimum Gasteiger partial charge on any atom is -0.337 e. The molecule has 0 saturated carbocycles. The number of likely N-dealkylation sites (tertiary alicyclic amines) is 1. The molecule has 1 spiro atoms. The number of nitrogens with zero attached hydrogens (tertiary/aromatic N) is 5. The first-order valence-corrected chi connectivity index (χ1v) is 8.51. The highest BCUT2D eigenvalue weighted by Gasteiger charge is 2.55. The van der Waals surface area contributed by atoms with Crippen molar-refractivity contribution in [2.75, 3.05) is 27.2 Å². The molecule has 3 heterocycles. The molecule has 2 aliphatic heterocycles. The lowest BCUT2D eigenvalue weighted by atomic mass is 9.86. The number of hydrogen-bond donors (Lipinski definition) is 0. The van der Waals surface area contributed by atoms with Crippen LogP contribution in [0.5, 0.6) is 0 Å². The zero-order valence-corrected chi connectivity index (χ0v) is 14.7. The van der Waals surface area contributed by atoms with E-state index >= 15 is 0 Å². The van der Waals surface area contributed by atoms with Crippen LogP contribution < -0.4 is 0 Å². The molecule has 8 nitrogen and oxygen atoms in total. The highest BCUT2D eigenvalue weighted by molar-refractivity contribution is 6.06. The van der Waals surface area contributed by atoms with Gasteiger partial charge in [0.05, 0.1) is 17.2 Å². The smallest absolute Gasteiger partial charge is 0.327 e. The Bertz CT molecular complexity index is 920. The van der Waals surface area contributed by atoms with Gasteiger partial charge in [-0.3, -0.25) is 19.5 Å². The van der Waals surface area contributed by atoms with E-state index in [0.29, 0.717) is 37.1 Å². The molecule has 0 unspecified atom stereocenters. The summed E-state index contributed by atoms with van der Waals surface area (Å²) in [4.78, 5) is 50.4. The molecule has 1 aromatic heterocycles. The van der Waals surface area contributed by atoms with Gasteiger partial charge < -0.3 is 9.80 Å². The van der Waals surface area contributed by atoms with Crippen molar-refractivity contribution >= 4 is 28.9 Å². The number of fused-ring (bicyclic) bond motifs is 1. The summed E-state index contributed by atoms with van der Waals surface area (Å²) in [7, 11) is 3.15. The normalized spacial score (nSPS) is 19.7. The maximum Gasteiger partial charge on any atom is 0.327 e. The van der Waals surface area contributed by atoms with Gasteiger partial charge in [0, 0.05) is 27.2 Å². The van der Waals surface area contributed by atoms with Gasteiger partial charge in [-0.25, -0.2) is 9.78 Å². The van der Waals surface area contributed by atoms with E-state index in [0.717, 1.165) is 10.4 Å². The number of imide groups is 1. The number of hydrogen-bond acceptors (Lipinski definition) is 5. The van der Waals surface area contributed by atoms with Gasteiger partial charge in [0.25, 0.3) is 11.8 Å². The number of carbonyl (C=O) groups excluding carboxylic acids is 3. The summed E-state index contributed by atoms with van der Waals surface area (Å²) in [5.74, 6) is -0.395. The average Bonchev–Trinajstić information content (AvgIpc) is 2.84. The maximum atomic E-state index is 12.8. The predicted octanol–water partition coefficient (Wildman–Crippen LogP) is 1.13. The number of carbonyl (C=O) groups is 3. The van der Waals surface area contributed by atoms with Crippen molar-refractivity contribution in [1.82, 2.24) is 24.7 Å². The molecule has 4 amide bonds. The van der Waals surface area contributed by atoms with E-state index in [1.54, 1.807) is 11.9 Å². The van der Waals surface area contributed by atoms with E-state index in [4.69, 9.17) is 0 Å². The number of urea groups is 1. The molecule has 2 fully saturated rings. The van der Waals surface area contributed by atoms with E-state index in [1.807, 2.05) is 24.3 Å². The molecule has 0 aliphatic carbocycles. The predicted molar refractivity (Wildman–Crippen MR) is 93.3 cm³/mol. The fourth-order valence-corrected chi connectivity index (χ4v) is 3.80. The number of benzene rings is 1. The molecule has 2 saturated heterocycles. The van der Waals surface area contributed by atoms with Crippen molar-refractivity contribution in [3.05, 3.63) is 36.2 Å². The topological polar surface area (TPSA) is 86.7 Å². The molecule has 8 heteroatoms. The van der Waals surface area contributed by atoms with Crippen molar-refractivity contribution in [2.45, 2.75) is 18.4 Å². The molecule has 0 N–H and O–H groups in total. The lowest BCUT2D eigenvalue weighted by Gasteiger charge is -2.40. The number of piperidine rings is 1. The summed E-state index contributed by atoms with van der Waals surface area (Å²) in [6.07, 6.45) is 2.33. The first-order chi connectivity index (χ1) is 12.4. The third-order valence-electron chi connectivity index (χ3n) is 5.46. The Balaban J connectivity index is 1.53. The van der Waals surface area contributed by atoms with Gasteiger partial charge in [-0.15, -0.1) is 0 Å². The van der Waals surface area contributed by atoms with Crippen LogP contribution in [-0.2, 0) is 4.79 Å². The molecule has 0 radical (unpaired) electrons. The van der Waals surface area contributed by atoms with Gasteiger partial charge in [-0.2, -0.15) is 0 Å². The lowest BCUT2D eigenvalue weighted by molar-refractivity contribution is -0.134. The standard InChI is InChI=1S/C18H19N5O3/c1-21-16(25)18(22(2)17(21)26)7-9-23(10-8-18)15(24)14-11-19-12-5-3-4-6-13(12)20-14/h3-6,11H,7-10H2,1-2H3. The lowest BCUT2D eigenvalue weighted by Crippen LogP contribution is -2.56. The van der Waals surface area contributed by atoms with E-state index in [9.17, 15) is 14.4 Å². The van der Waals surface area contributed by atoms with Crippen LogP contribution in [0.1, 0.15) is 23.3 Å². The Morgan fingerprint density at radius 1 is 1.08 bits per heavy atom. The first kappa shape index (κ1) is 16.4. The van der Waals surface area contributed by atoms with Gasteiger partial charge in [-0.05, 0) is 25.0 Å². The highest BCUT2D eigenvalue weighted by atomic mass is 16.2. The van der Waals surface area contributed by atoms with Crippen molar-refractivity contribution < 1.29 is 14.4 Å². The molecule has 4 rings (SSSR count). The summed E-state index contributed by atoms with van der Waals surface area (Å²) < 4.78 is 0. The first-order valence-electron chi connectivity index (χ1n) is 8.51. The second-order valence-corrected chi connectivity index (χ2v) is 6.77. The molecule has 26 heavy (non-hydrogen) atoms. The Labute approximate surface area is 150 Å². The van der Waals surface area contributed by atoms with Crippen LogP contribution in [0.15, 0.2) is 30.5 Å². The highest BCUT2D eigenvalue weighted by Crippen LogP contribution is 2.35. The Hall–Kier alpha value is -3.03. The van der Waals surface area contributed by atoms with E-state index in [1.165, 1.54) is 18.1 Å². The van der Waals surface area contributed by atoms with E-state index < -0.39 is 5.54 Å². The van der Waals surface area contributed by atoms with Crippen LogP contribution in [0.2, 0.25) is 0 Å². The third kappa shape index (κ3) is 2.25. The monoisotopic (exact) mass is 353 g/mol. The summed E-state index contributed by atoms with van der Waals surface area (Å²) in [5, 5.41) is 0. The minimum atomic E-state index is -0.836. The molecule has 134 valence electrons. The van der Waals surface area contributed by atoms with Gasteiger partial charge in [0.2, 0.25) is 0 Å². The molecular formula is C18H19N5O3. The molecule has 0 atom stereocenters. The van der Waals surface area contributed by atoms with Crippen molar-refractivity contribution in [3.63, 3.8) is 0 Å². The Morgan fingerprint density at radius 3 is 2.35 bits per heavy atom. The van der Waals surface area contributed by atoms with Crippen LogP contribution in [0, 0.1) is 0 Å². The number of likely N-dealkylation sites (N-methyl/N-ethyl adjacent to an activating group) is 2. The van der Waals surface area contributed by atoms with Crippen molar-refractivity contribution in [3.8, 4) is 0 Å². The summed E-state index contributed by atoms with van der Waals surface area (Å²) in [6.45, 7) is 0.787. The number of rotatable bonds is 1. The maximum absolute atomic E-state index is 12.8. The van der Waals surface area contributed by atoms with Crippen molar-refractivity contribution in [1.29, 1.82) is 0 Å². The fraction of sp³-hybridized carbons (Fsp3) is 0.389. The van der Waals surface area contributed by atoms with Crippen LogP contribution in [0.25, 0.3) is 11.0 Å². The zero-order chi connectivity index (χ0) is 18.5. The van der Waals surface area contributed by atoms with Crippen LogP contribution in [-0.4, -0.2) is 75.2 Å². The fourth-order valence-electron chi connectivity index (χ4n) is 3.80. The summed E-state index contributed by atoms with van der Waals surface area (Å²) >= 11 is 0. The van der Waals surface area contributed by atoms with Crippen LogP contribution in [0.3, 0.4) is 0 Å². The molecule has 1 aromatic carbocycles. The van der Waals surface area contributed by atoms with Gasteiger partial charge >= 0.3 is 6.03 Å². The molecule has 2 aromatic rings. The third-order valence-corrected chi connectivity index (χ3v) is 5.46. The molecular weight excluding hydrogens is 334 g/mol. The number of para-hydroxylation sites is 2. The van der Waals surface area contributed by atoms with Gasteiger partial charge in [0.1, 0.15) is 11.2 Å². The largest absolute Gasteiger partial charge is 0.337 e. The zero-order valence-electron chi connectivity index (χ0n) is 14.7. The van der Waals surface area contributed by atoms with Gasteiger partial charge in [0.15, 0.2) is 0 Å². The van der Waals surface area contributed by atoms with Crippen LogP contribution in [0.4, 0.5) is 4.79 Å². The quantitative estimate of drug-likeness (QED) is 0.717. The van der Waals surface area contributed by atoms with Crippen molar-refractivity contribution in [2.24, 2.45) is 0 Å². The average molecular weight is 353 g/mol. The van der Waals surface area contributed by atoms with Crippen LogP contribution >= 0.6 is 0 Å². The second kappa shape index (κ2) is 5.76. The Kier molecular flexibility index (Phi) is 3.64. The minimum absolute atomic E-state index is 0.192. The summed E-state index contributed by atoms with van der Waals surface area (Å²) in [5.41, 5.74) is 0.864.